The van der Waals surface area contributed by atoms with Crippen molar-refractivity contribution < 1.29 is 84.0 Å². The van der Waals surface area contributed by atoms with Crippen molar-refractivity contribution >= 4 is 23.0 Å². The van der Waals surface area contributed by atoms with Gasteiger partial charge in [0.2, 0.25) is 17.5 Å². The van der Waals surface area contributed by atoms with Crippen LogP contribution < -0.4 is 14.9 Å². The SMILES string of the molecule is C[C@@H]1O[C@@H](OC[C@H]2O[C@@H](Oc3c(-c4ccc(OC(=O)/C=C/c5ccc(O)cc5)c(O)c4)oc4cc(O)cc(O)c4c3=O)[C@H](O)[C@@H](O)[C@H]2O)[C@H](O)[C@H](O)[C@H]1O. The van der Waals surface area contributed by atoms with Gasteiger partial charge in [-0.25, -0.2) is 4.79 Å². The van der Waals surface area contributed by atoms with Crippen molar-refractivity contribution in [2.75, 3.05) is 6.61 Å². The summed E-state index contributed by atoms with van der Waals surface area (Å²) >= 11 is 0. The second-order valence-corrected chi connectivity index (χ2v) is 12.6. The number of esters is 1. The first-order valence-corrected chi connectivity index (χ1v) is 16.4. The Morgan fingerprint density at radius 2 is 1.44 bits per heavy atom. The van der Waals surface area contributed by atoms with E-state index in [4.69, 9.17) is 28.1 Å². The number of ether oxygens (including phenoxy) is 5. The molecule has 2 aliphatic rings. The topological polar surface area (TPSA) is 296 Å². The Balaban J connectivity index is 1.29. The number of hydrogen-bond donors (Lipinski definition) is 10. The molecule has 6 rings (SSSR count). The summed E-state index contributed by atoms with van der Waals surface area (Å²) < 4.78 is 33.4. The fourth-order valence-corrected chi connectivity index (χ4v) is 5.81. The first-order chi connectivity index (χ1) is 25.6. The number of phenols is 4. The zero-order valence-electron chi connectivity index (χ0n) is 28.1. The van der Waals surface area contributed by atoms with Gasteiger partial charge >= 0.3 is 5.97 Å². The van der Waals surface area contributed by atoms with Crippen LogP contribution in [0.15, 0.2) is 69.9 Å². The largest absolute Gasteiger partial charge is 0.508 e. The van der Waals surface area contributed by atoms with Crippen LogP contribution in [-0.4, -0.2) is 125 Å². The smallest absolute Gasteiger partial charge is 0.336 e. The van der Waals surface area contributed by atoms with Crippen LogP contribution in [0.4, 0.5) is 0 Å². The van der Waals surface area contributed by atoms with E-state index in [1.807, 2.05) is 0 Å². The molecule has 3 aromatic carbocycles. The number of carbonyl (C=O) groups excluding carboxylic acids is 1. The first-order valence-electron chi connectivity index (χ1n) is 16.4. The van der Waals surface area contributed by atoms with Crippen LogP contribution in [0.2, 0.25) is 0 Å². The number of phenolic OH excluding ortho intramolecular Hbond substituents is 4. The summed E-state index contributed by atoms with van der Waals surface area (Å²) in [5.74, 6) is -4.18. The van der Waals surface area contributed by atoms with E-state index >= 15 is 0 Å². The Morgan fingerprint density at radius 1 is 0.759 bits per heavy atom. The molecule has 0 aliphatic carbocycles. The van der Waals surface area contributed by atoms with Crippen molar-refractivity contribution in [3.8, 4) is 45.8 Å². The fourth-order valence-electron chi connectivity index (χ4n) is 5.81. The van der Waals surface area contributed by atoms with Crippen LogP contribution in [0.1, 0.15) is 12.5 Å². The van der Waals surface area contributed by atoms with Crippen molar-refractivity contribution in [1.82, 2.24) is 0 Å². The van der Waals surface area contributed by atoms with E-state index in [0.717, 1.165) is 30.3 Å². The molecule has 54 heavy (non-hydrogen) atoms. The standard InChI is InChI=1S/C36H36O18/c1-14-26(42)29(45)31(47)35(50-14)49-13-23-27(43)30(46)32(48)36(53-23)54-34-28(44)25-20(40)11-18(38)12-22(25)52-33(34)16-5-8-21(19(39)10-16)51-24(41)9-4-15-2-6-17(37)7-3-15/h2-12,14,23,26-27,29-32,35-40,42-43,45-48H,13H2,1H3/b9-4+/t14-,23+,26-,27-,29+,30-,31+,32+,35+,36-/m0/s1. The molecule has 0 unspecified atom stereocenters. The highest BCUT2D eigenvalue weighted by atomic mass is 16.7. The van der Waals surface area contributed by atoms with E-state index in [-0.39, 0.29) is 22.6 Å². The lowest BCUT2D eigenvalue weighted by Crippen LogP contribution is -2.61. The molecule has 3 heterocycles. The Bertz CT molecular complexity index is 2080. The van der Waals surface area contributed by atoms with Gasteiger partial charge in [0.25, 0.3) is 0 Å². The number of fused-ring (bicyclic) bond motifs is 1. The normalized spacial score (nSPS) is 28.6. The summed E-state index contributed by atoms with van der Waals surface area (Å²) in [7, 11) is 0. The molecular formula is C36H36O18. The maximum absolute atomic E-state index is 13.9. The molecule has 2 aliphatic heterocycles. The number of aliphatic hydroxyl groups excluding tert-OH is 6. The third kappa shape index (κ3) is 7.82. The molecule has 1 aromatic heterocycles. The van der Waals surface area contributed by atoms with Gasteiger partial charge in [0.1, 0.15) is 70.9 Å². The Kier molecular flexibility index (Phi) is 11.1. The molecule has 18 nitrogen and oxygen atoms in total. The van der Waals surface area contributed by atoms with Crippen LogP contribution in [0.3, 0.4) is 0 Å². The minimum Gasteiger partial charge on any atom is -0.508 e. The third-order valence-electron chi connectivity index (χ3n) is 8.79. The van der Waals surface area contributed by atoms with Gasteiger partial charge in [0.15, 0.2) is 23.5 Å². The fraction of sp³-hybridized carbons (Fsp3) is 0.333. The number of aliphatic hydroxyl groups is 6. The molecule has 0 amide bonds. The van der Waals surface area contributed by atoms with Gasteiger partial charge in [-0.1, -0.05) is 12.1 Å². The highest BCUT2D eigenvalue weighted by molar-refractivity contribution is 5.90. The van der Waals surface area contributed by atoms with Gasteiger partial charge in [0.05, 0.1) is 12.7 Å². The van der Waals surface area contributed by atoms with Crippen LogP contribution >= 0.6 is 0 Å². The lowest BCUT2D eigenvalue weighted by molar-refractivity contribution is -0.318. The molecule has 10 N–H and O–H groups in total. The molecule has 0 saturated carbocycles. The summed E-state index contributed by atoms with van der Waals surface area (Å²) in [4.78, 5) is 26.4. The molecule has 0 spiro atoms. The van der Waals surface area contributed by atoms with Crippen LogP contribution in [0.5, 0.6) is 34.5 Å². The second kappa shape index (κ2) is 15.6. The van der Waals surface area contributed by atoms with E-state index in [9.17, 15) is 60.7 Å². The number of aromatic hydroxyl groups is 4. The monoisotopic (exact) mass is 756 g/mol. The summed E-state index contributed by atoms with van der Waals surface area (Å²) in [6.07, 6.45) is -14.1. The van der Waals surface area contributed by atoms with Crippen molar-refractivity contribution in [3.63, 3.8) is 0 Å². The van der Waals surface area contributed by atoms with Crippen molar-refractivity contribution in [3.05, 3.63) is 76.5 Å². The molecule has 2 saturated heterocycles. The molecule has 10 atom stereocenters. The van der Waals surface area contributed by atoms with Gasteiger partial charge < -0.3 is 79.2 Å². The average Bonchev–Trinajstić information content (AvgIpc) is 3.13. The average molecular weight is 757 g/mol. The van der Waals surface area contributed by atoms with E-state index in [2.05, 4.69) is 0 Å². The number of hydrogen-bond acceptors (Lipinski definition) is 18. The van der Waals surface area contributed by atoms with E-state index < -0.39 is 114 Å². The number of carbonyl (C=O) groups is 1. The molecule has 18 heteroatoms. The predicted octanol–water partition coefficient (Wildman–Crippen LogP) is -0.0683. The van der Waals surface area contributed by atoms with Gasteiger partial charge in [-0.05, 0) is 48.9 Å². The highest BCUT2D eigenvalue weighted by Crippen LogP contribution is 2.40. The first kappa shape index (κ1) is 38.4. The zero-order chi connectivity index (χ0) is 39.0. The zero-order valence-corrected chi connectivity index (χ0v) is 28.1. The molecule has 0 bridgehead atoms. The molecule has 2 fully saturated rings. The summed E-state index contributed by atoms with van der Waals surface area (Å²) in [5, 5.41) is 103. The lowest BCUT2D eigenvalue weighted by Gasteiger charge is -2.42. The van der Waals surface area contributed by atoms with Gasteiger partial charge in [0, 0.05) is 23.8 Å². The van der Waals surface area contributed by atoms with Crippen LogP contribution in [0.25, 0.3) is 28.4 Å². The lowest BCUT2D eigenvalue weighted by atomic mass is 9.98. The number of rotatable bonds is 9. The van der Waals surface area contributed by atoms with Crippen molar-refractivity contribution in [2.45, 2.75) is 68.3 Å². The van der Waals surface area contributed by atoms with Gasteiger partial charge in [-0.15, -0.1) is 0 Å². The van der Waals surface area contributed by atoms with E-state index in [1.165, 1.54) is 31.2 Å². The Labute approximate surface area is 304 Å². The Morgan fingerprint density at radius 3 is 2.15 bits per heavy atom. The second-order valence-electron chi connectivity index (χ2n) is 12.6. The third-order valence-corrected chi connectivity index (χ3v) is 8.79. The maximum atomic E-state index is 13.9. The van der Waals surface area contributed by atoms with Gasteiger partial charge in [-0.2, -0.15) is 0 Å². The van der Waals surface area contributed by atoms with Crippen LogP contribution in [0, 0.1) is 0 Å². The summed E-state index contributed by atoms with van der Waals surface area (Å²) in [6.45, 7) is 0.774. The quantitative estimate of drug-likeness (QED) is 0.0607. The summed E-state index contributed by atoms with van der Waals surface area (Å²) in [6, 6.07) is 11.2. The maximum Gasteiger partial charge on any atom is 0.336 e. The van der Waals surface area contributed by atoms with E-state index in [1.54, 1.807) is 12.1 Å². The summed E-state index contributed by atoms with van der Waals surface area (Å²) in [5.41, 5.74) is -0.926. The van der Waals surface area contributed by atoms with Crippen molar-refractivity contribution in [1.29, 1.82) is 0 Å². The minimum atomic E-state index is -2.02. The van der Waals surface area contributed by atoms with Gasteiger partial charge in [-0.3, -0.25) is 4.79 Å². The van der Waals surface area contributed by atoms with E-state index in [0.29, 0.717) is 5.56 Å². The predicted molar refractivity (Wildman–Crippen MR) is 181 cm³/mol. The minimum absolute atomic E-state index is 0.0310. The highest BCUT2D eigenvalue weighted by Gasteiger charge is 2.48. The number of benzene rings is 3. The van der Waals surface area contributed by atoms with Crippen molar-refractivity contribution in [2.24, 2.45) is 0 Å². The molecular weight excluding hydrogens is 720 g/mol. The molecule has 288 valence electrons. The molecule has 4 aromatic rings. The van der Waals surface area contributed by atoms with Crippen LogP contribution in [-0.2, 0) is 19.0 Å². The molecule has 0 radical (unpaired) electrons. The Hall–Kier alpha value is -5.28.